The standard InChI is InChI=1S/C19H35NO/c1-6-7-8-9-10-15(2)21-18-13-17(19(3,4)5)12-11-16(18)14-20/h15-18H,6-13H2,1-5H3. The molecular formula is C19H35NO. The molecule has 0 spiro atoms. The Kier molecular flexibility index (Phi) is 7.74. The Bertz CT molecular complexity index is 325. The van der Waals surface area contributed by atoms with Gasteiger partial charge in [-0.05, 0) is 43.9 Å². The number of unbranched alkanes of at least 4 members (excludes halogenated alkanes) is 3. The molecule has 0 N–H and O–H groups in total. The van der Waals surface area contributed by atoms with E-state index in [1.165, 1.54) is 32.1 Å². The zero-order chi connectivity index (χ0) is 15.9. The van der Waals surface area contributed by atoms with E-state index in [2.05, 4.69) is 40.7 Å². The first kappa shape index (κ1) is 18.5. The highest BCUT2D eigenvalue weighted by Gasteiger charge is 2.37. The molecule has 4 unspecified atom stereocenters. The van der Waals surface area contributed by atoms with Gasteiger partial charge in [-0.1, -0.05) is 53.4 Å². The molecule has 4 atom stereocenters. The molecule has 0 bridgehead atoms. The van der Waals surface area contributed by atoms with Crippen LogP contribution < -0.4 is 0 Å². The van der Waals surface area contributed by atoms with E-state index >= 15 is 0 Å². The maximum Gasteiger partial charge on any atom is 0.0739 e. The highest BCUT2D eigenvalue weighted by atomic mass is 16.5. The summed E-state index contributed by atoms with van der Waals surface area (Å²) >= 11 is 0. The molecule has 0 saturated heterocycles. The lowest BCUT2D eigenvalue weighted by molar-refractivity contribution is -0.0662. The molecule has 2 nitrogen and oxygen atoms in total. The van der Waals surface area contributed by atoms with Gasteiger partial charge < -0.3 is 4.74 Å². The van der Waals surface area contributed by atoms with E-state index in [-0.39, 0.29) is 12.0 Å². The molecule has 0 amide bonds. The molecule has 0 aromatic rings. The van der Waals surface area contributed by atoms with Crippen LogP contribution in [0.4, 0.5) is 0 Å². The maximum absolute atomic E-state index is 9.38. The summed E-state index contributed by atoms with van der Waals surface area (Å²) in [6.07, 6.45) is 9.97. The van der Waals surface area contributed by atoms with Gasteiger partial charge in [0.25, 0.3) is 0 Å². The van der Waals surface area contributed by atoms with Crippen LogP contribution in [0.5, 0.6) is 0 Å². The van der Waals surface area contributed by atoms with Gasteiger partial charge >= 0.3 is 0 Å². The van der Waals surface area contributed by atoms with Crippen molar-refractivity contribution >= 4 is 0 Å². The normalized spacial score (nSPS) is 28.1. The van der Waals surface area contributed by atoms with Crippen molar-refractivity contribution in [3.63, 3.8) is 0 Å². The van der Waals surface area contributed by atoms with Gasteiger partial charge in [-0.3, -0.25) is 0 Å². The van der Waals surface area contributed by atoms with Crippen LogP contribution in [0.3, 0.4) is 0 Å². The topological polar surface area (TPSA) is 33.0 Å². The fourth-order valence-electron chi connectivity index (χ4n) is 3.44. The molecule has 1 fully saturated rings. The Morgan fingerprint density at radius 3 is 2.48 bits per heavy atom. The first-order chi connectivity index (χ1) is 9.88. The summed E-state index contributed by atoms with van der Waals surface area (Å²) in [5, 5.41) is 9.38. The molecule has 122 valence electrons. The van der Waals surface area contributed by atoms with Gasteiger partial charge in [0.05, 0.1) is 24.2 Å². The summed E-state index contributed by atoms with van der Waals surface area (Å²) in [5.41, 5.74) is 0.326. The second kappa shape index (κ2) is 8.79. The molecule has 0 radical (unpaired) electrons. The van der Waals surface area contributed by atoms with Crippen LogP contribution in [-0.2, 0) is 4.74 Å². The van der Waals surface area contributed by atoms with E-state index < -0.39 is 0 Å². The summed E-state index contributed by atoms with van der Waals surface area (Å²) in [7, 11) is 0. The van der Waals surface area contributed by atoms with Gasteiger partial charge in [-0.25, -0.2) is 0 Å². The highest BCUT2D eigenvalue weighted by molar-refractivity contribution is 4.96. The molecule has 1 aliphatic carbocycles. The molecule has 2 heteroatoms. The van der Waals surface area contributed by atoms with E-state index in [0.29, 0.717) is 17.4 Å². The fourth-order valence-corrected chi connectivity index (χ4v) is 3.44. The third-order valence-electron chi connectivity index (χ3n) is 5.05. The van der Waals surface area contributed by atoms with Crippen LogP contribution in [-0.4, -0.2) is 12.2 Å². The Morgan fingerprint density at radius 1 is 1.19 bits per heavy atom. The molecule has 0 aromatic carbocycles. The fraction of sp³-hybridized carbons (Fsp3) is 0.947. The minimum atomic E-state index is 0.0988. The van der Waals surface area contributed by atoms with Gasteiger partial charge in [0.2, 0.25) is 0 Å². The van der Waals surface area contributed by atoms with Gasteiger partial charge in [-0.15, -0.1) is 0 Å². The van der Waals surface area contributed by atoms with Crippen LogP contribution >= 0.6 is 0 Å². The largest absolute Gasteiger partial charge is 0.374 e. The molecular weight excluding hydrogens is 258 g/mol. The monoisotopic (exact) mass is 293 g/mol. The first-order valence-electron chi connectivity index (χ1n) is 8.93. The Morgan fingerprint density at radius 2 is 1.90 bits per heavy atom. The van der Waals surface area contributed by atoms with E-state index in [1.54, 1.807) is 0 Å². The second-order valence-electron chi connectivity index (χ2n) is 7.95. The van der Waals surface area contributed by atoms with Gasteiger partial charge in [0, 0.05) is 0 Å². The summed E-state index contributed by atoms with van der Waals surface area (Å²) in [4.78, 5) is 0. The SMILES string of the molecule is CCCCCCC(C)OC1CC(C(C)(C)C)CCC1C#N. The number of rotatable bonds is 7. The number of ether oxygens (including phenoxy) is 1. The van der Waals surface area contributed by atoms with Crippen LogP contribution in [0.2, 0.25) is 0 Å². The van der Waals surface area contributed by atoms with Crippen molar-refractivity contribution in [2.75, 3.05) is 0 Å². The van der Waals surface area contributed by atoms with E-state index in [0.717, 1.165) is 19.3 Å². The number of hydrogen-bond donors (Lipinski definition) is 0. The van der Waals surface area contributed by atoms with Crippen molar-refractivity contribution in [1.29, 1.82) is 5.26 Å². The van der Waals surface area contributed by atoms with E-state index in [1.807, 2.05) is 0 Å². The van der Waals surface area contributed by atoms with Gasteiger partial charge in [0.1, 0.15) is 0 Å². The summed E-state index contributed by atoms with van der Waals surface area (Å²) < 4.78 is 6.28. The number of nitrogens with zero attached hydrogens (tertiary/aromatic N) is 1. The van der Waals surface area contributed by atoms with Crippen molar-refractivity contribution in [2.24, 2.45) is 17.3 Å². The predicted octanol–water partition coefficient (Wildman–Crippen LogP) is 5.72. The average Bonchev–Trinajstić information content (AvgIpc) is 2.42. The minimum absolute atomic E-state index is 0.0988. The van der Waals surface area contributed by atoms with E-state index in [4.69, 9.17) is 4.74 Å². The molecule has 1 saturated carbocycles. The van der Waals surface area contributed by atoms with Crippen molar-refractivity contribution in [2.45, 2.75) is 98.2 Å². The van der Waals surface area contributed by atoms with Gasteiger partial charge in [0.15, 0.2) is 0 Å². The van der Waals surface area contributed by atoms with Crippen molar-refractivity contribution in [3.05, 3.63) is 0 Å². The van der Waals surface area contributed by atoms with Crippen LogP contribution in [0.1, 0.15) is 86.0 Å². The van der Waals surface area contributed by atoms with E-state index in [9.17, 15) is 5.26 Å². The highest BCUT2D eigenvalue weighted by Crippen LogP contribution is 2.41. The third-order valence-corrected chi connectivity index (χ3v) is 5.05. The summed E-state index contributed by atoms with van der Waals surface area (Å²) in [6, 6.07) is 2.48. The smallest absolute Gasteiger partial charge is 0.0739 e. The second-order valence-corrected chi connectivity index (χ2v) is 7.95. The Balaban J connectivity index is 2.46. The third kappa shape index (κ3) is 6.39. The molecule has 21 heavy (non-hydrogen) atoms. The molecule has 1 aliphatic rings. The molecule has 0 aliphatic heterocycles. The maximum atomic E-state index is 9.38. The average molecular weight is 293 g/mol. The van der Waals surface area contributed by atoms with Crippen molar-refractivity contribution < 1.29 is 4.74 Å². The quantitative estimate of drug-likeness (QED) is 0.563. The lowest BCUT2D eigenvalue weighted by Crippen LogP contribution is -2.37. The van der Waals surface area contributed by atoms with Gasteiger partial charge in [-0.2, -0.15) is 5.26 Å². The first-order valence-corrected chi connectivity index (χ1v) is 8.93. The number of hydrogen-bond acceptors (Lipinski definition) is 2. The molecule has 1 rings (SSSR count). The predicted molar refractivity (Wildman–Crippen MR) is 89.0 cm³/mol. The minimum Gasteiger partial charge on any atom is -0.374 e. The lowest BCUT2D eigenvalue weighted by Gasteiger charge is -2.40. The van der Waals surface area contributed by atoms with Crippen molar-refractivity contribution in [3.8, 4) is 6.07 Å². The Labute approximate surface area is 132 Å². The summed E-state index contributed by atoms with van der Waals surface area (Å²) in [5.74, 6) is 0.779. The zero-order valence-corrected chi connectivity index (χ0v) is 14.8. The molecule has 0 aromatic heterocycles. The Hall–Kier alpha value is -0.550. The lowest BCUT2D eigenvalue weighted by atomic mass is 9.69. The zero-order valence-electron chi connectivity index (χ0n) is 14.8. The van der Waals surface area contributed by atoms with Crippen molar-refractivity contribution in [1.82, 2.24) is 0 Å². The van der Waals surface area contributed by atoms with Crippen LogP contribution in [0.15, 0.2) is 0 Å². The molecule has 0 heterocycles. The van der Waals surface area contributed by atoms with Crippen LogP contribution in [0, 0.1) is 28.6 Å². The summed E-state index contributed by atoms with van der Waals surface area (Å²) in [6.45, 7) is 11.4. The van der Waals surface area contributed by atoms with Crippen LogP contribution in [0.25, 0.3) is 0 Å². The number of nitriles is 1.